The van der Waals surface area contributed by atoms with E-state index in [1.54, 1.807) is 0 Å². The zero-order chi connectivity index (χ0) is 23.0. The lowest BCUT2D eigenvalue weighted by atomic mass is 10.1. The van der Waals surface area contributed by atoms with E-state index in [1.807, 2.05) is 0 Å². The molecular weight excluding hydrogens is 428 g/mol. The van der Waals surface area contributed by atoms with Gasteiger partial charge in [-0.2, -0.15) is 21.0 Å². The molecule has 0 saturated carbocycles. The smallest absolute Gasteiger partial charge is 0.280 e. The van der Waals surface area contributed by atoms with E-state index in [0.29, 0.717) is 13.1 Å². The van der Waals surface area contributed by atoms with Crippen LogP contribution in [0.15, 0.2) is 0 Å². The standard InChI is InChI=1S/C24H52N2O3S2/c1-3-5-7-9-11-13-15-17-19-25-21-22-29-31(27,28)24(30)23-26-20-18-16-14-12-10-8-6-4-2/h24-26,30H,3-23H2,1-2H3. The Morgan fingerprint density at radius 3 is 1.55 bits per heavy atom. The van der Waals surface area contributed by atoms with Crippen molar-refractivity contribution in [3.05, 3.63) is 0 Å². The molecule has 0 aliphatic rings. The van der Waals surface area contributed by atoms with Gasteiger partial charge in [-0.05, 0) is 25.9 Å². The molecule has 0 bridgehead atoms. The maximum atomic E-state index is 12.1. The van der Waals surface area contributed by atoms with Crippen molar-refractivity contribution in [3.8, 4) is 0 Å². The van der Waals surface area contributed by atoms with Crippen molar-refractivity contribution in [2.45, 2.75) is 121 Å². The normalized spacial score (nSPS) is 13.0. The molecule has 0 aromatic carbocycles. The Labute approximate surface area is 199 Å². The third kappa shape index (κ3) is 21.8. The predicted molar refractivity (Wildman–Crippen MR) is 139 cm³/mol. The van der Waals surface area contributed by atoms with Crippen molar-refractivity contribution < 1.29 is 12.6 Å². The van der Waals surface area contributed by atoms with Gasteiger partial charge in [0.05, 0.1) is 6.61 Å². The molecule has 31 heavy (non-hydrogen) atoms. The SMILES string of the molecule is CCCCCCCCCCNCCOS(=O)(=O)C(S)CNCCCCCCCCCC. The van der Waals surface area contributed by atoms with Gasteiger partial charge in [0.15, 0.2) is 0 Å². The average Bonchev–Trinajstić information content (AvgIpc) is 2.75. The molecule has 7 heteroatoms. The molecule has 0 radical (unpaired) electrons. The summed E-state index contributed by atoms with van der Waals surface area (Å²) in [4.78, 5) is 0. The zero-order valence-electron chi connectivity index (χ0n) is 20.5. The summed E-state index contributed by atoms with van der Waals surface area (Å²) in [5, 5.41) is 6.46. The second-order valence-corrected chi connectivity index (χ2v) is 11.4. The molecule has 1 atom stereocenters. The van der Waals surface area contributed by atoms with Gasteiger partial charge < -0.3 is 10.6 Å². The van der Waals surface area contributed by atoms with E-state index >= 15 is 0 Å². The number of unbranched alkanes of at least 4 members (excludes halogenated alkanes) is 14. The summed E-state index contributed by atoms with van der Waals surface area (Å²) in [6.07, 6.45) is 20.5. The lowest BCUT2D eigenvalue weighted by Crippen LogP contribution is -2.32. The second kappa shape index (κ2) is 23.3. The maximum absolute atomic E-state index is 12.1. The van der Waals surface area contributed by atoms with E-state index in [2.05, 4.69) is 37.1 Å². The third-order valence-electron chi connectivity index (χ3n) is 5.59. The van der Waals surface area contributed by atoms with Gasteiger partial charge in [-0.25, -0.2) is 0 Å². The summed E-state index contributed by atoms with van der Waals surface area (Å²) in [6.45, 7) is 7.29. The fraction of sp³-hybridized carbons (Fsp3) is 1.00. The Bertz CT molecular complexity index is 462. The van der Waals surface area contributed by atoms with Crippen LogP contribution in [0.2, 0.25) is 0 Å². The van der Waals surface area contributed by atoms with E-state index in [4.69, 9.17) is 4.18 Å². The molecule has 0 amide bonds. The third-order valence-corrected chi connectivity index (χ3v) is 7.88. The molecule has 0 rings (SSSR count). The number of rotatable bonds is 25. The first kappa shape index (κ1) is 31.2. The van der Waals surface area contributed by atoms with Crippen molar-refractivity contribution in [2.75, 3.05) is 32.8 Å². The quantitative estimate of drug-likeness (QED) is 0.0843. The molecule has 0 fully saturated rings. The van der Waals surface area contributed by atoms with Crippen molar-refractivity contribution >= 4 is 22.7 Å². The summed E-state index contributed by atoms with van der Waals surface area (Å²) >= 11 is 4.22. The molecular formula is C24H52N2O3S2. The number of thiol groups is 1. The predicted octanol–water partition coefficient (Wildman–Crippen LogP) is 6.05. The minimum atomic E-state index is -3.62. The van der Waals surface area contributed by atoms with Crippen molar-refractivity contribution in [1.29, 1.82) is 0 Å². The highest BCUT2D eigenvalue weighted by Crippen LogP contribution is 2.10. The number of nitrogens with one attached hydrogen (secondary N) is 2. The Hall–Kier alpha value is 0.180. The Morgan fingerprint density at radius 2 is 1.06 bits per heavy atom. The van der Waals surface area contributed by atoms with Crippen LogP contribution in [0.5, 0.6) is 0 Å². The van der Waals surface area contributed by atoms with Crippen LogP contribution in [0.1, 0.15) is 117 Å². The molecule has 0 saturated heterocycles. The first-order valence-corrected chi connectivity index (χ1v) is 15.0. The highest BCUT2D eigenvalue weighted by molar-refractivity contribution is 8.02. The minimum Gasteiger partial charge on any atom is -0.315 e. The molecule has 0 aliphatic carbocycles. The highest BCUT2D eigenvalue weighted by Gasteiger charge is 2.21. The summed E-state index contributed by atoms with van der Waals surface area (Å²) in [5.74, 6) is 0. The van der Waals surface area contributed by atoms with Gasteiger partial charge in [-0.1, -0.05) is 104 Å². The zero-order valence-corrected chi connectivity index (χ0v) is 22.2. The first-order chi connectivity index (χ1) is 15.0. The summed E-state index contributed by atoms with van der Waals surface area (Å²) < 4.78 is 28.6. The highest BCUT2D eigenvalue weighted by atomic mass is 32.3. The summed E-state index contributed by atoms with van der Waals surface area (Å²) in [7, 11) is -3.62. The molecule has 0 heterocycles. The average molecular weight is 481 g/mol. The van der Waals surface area contributed by atoms with Gasteiger partial charge in [-0.15, -0.1) is 0 Å². The maximum Gasteiger partial charge on any atom is 0.280 e. The van der Waals surface area contributed by atoms with Crippen molar-refractivity contribution in [2.24, 2.45) is 0 Å². The van der Waals surface area contributed by atoms with Crippen LogP contribution in [0.25, 0.3) is 0 Å². The van der Waals surface area contributed by atoms with Gasteiger partial charge in [0.2, 0.25) is 0 Å². The fourth-order valence-corrected chi connectivity index (χ4v) is 4.64. The van der Waals surface area contributed by atoms with E-state index in [-0.39, 0.29) is 6.61 Å². The van der Waals surface area contributed by atoms with Crippen LogP contribution >= 0.6 is 12.6 Å². The van der Waals surface area contributed by atoms with Crippen LogP contribution in [-0.4, -0.2) is 45.8 Å². The van der Waals surface area contributed by atoms with Gasteiger partial charge in [0.25, 0.3) is 10.1 Å². The Kier molecular flexibility index (Phi) is 23.5. The molecule has 2 N–H and O–H groups in total. The minimum absolute atomic E-state index is 0.175. The van der Waals surface area contributed by atoms with E-state index < -0.39 is 14.7 Å². The monoisotopic (exact) mass is 480 g/mol. The molecule has 0 aromatic rings. The molecule has 0 aromatic heterocycles. The van der Waals surface area contributed by atoms with Crippen LogP contribution in [0, 0.1) is 0 Å². The Morgan fingerprint density at radius 1 is 0.645 bits per heavy atom. The summed E-state index contributed by atoms with van der Waals surface area (Å²) in [6, 6.07) is 0. The Balaban J connectivity index is 3.49. The first-order valence-electron chi connectivity index (χ1n) is 13.0. The lowest BCUT2D eigenvalue weighted by molar-refractivity contribution is 0.312. The van der Waals surface area contributed by atoms with E-state index in [1.165, 1.54) is 89.9 Å². The van der Waals surface area contributed by atoms with Crippen LogP contribution in [0.4, 0.5) is 0 Å². The molecule has 5 nitrogen and oxygen atoms in total. The lowest BCUT2D eigenvalue weighted by Gasteiger charge is -2.13. The van der Waals surface area contributed by atoms with E-state index in [9.17, 15) is 8.42 Å². The van der Waals surface area contributed by atoms with Crippen LogP contribution in [0.3, 0.4) is 0 Å². The van der Waals surface area contributed by atoms with Gasteiger partial charge in [0, 0.05) is 13.1 Å². The van der Waals surface area contributed by atoms with Gasteiger partial charge >= 0.3 is 0 Å². The van der Waals surface area contributed by atoms with E-state index in [0.717, 1.165) is 25.9 Å². The second-order valence-electron chi connectivity index (χ2n) is 8.67. The van der Waals surface area contributed by atoms with Crippen LogP contribution in [-0.2, 0) is 14.3 Å². The molecule has 1 unspecified atom stereocenters. The summed E-state index contributed by atoms with van der Waals surface area (Å²) in [5.41, 5.74) is 0. The van der Waals surface area contributed by atoms with Crippen molar-refractivity contribution in [1.82, 2.24) is 10.6 Å². The number of hydrogen-bond acceptors (Lipinski definition) is 6. The molecule has 0 spiro atoms. The number of hydrogen-bond donors (Lipinski definition) is 3. The molecule has 188 valence electrons. The van der Waals surface area contributed by atoms with Crippen molar-refractivity contribution in [3.63, 3.8) is 0 Å². The largest absolute Gasteiger partial charge is 0.315 e. The van der Waals surface area contributed by atoms with Gasteiger partial charge in [0.1, 0.15) is 4.58 Å². The van der Waals surface area contributed by atoms with Crippen LogP contribution < -0.4 is 10.6 Å². The van der Waals surface area contributed by atoms with Gasteiger partial charge in [-0.3, -0.25) is 4.18 Å². The molecule has 0 aliphatic heterocycles. The topological polar surface area (TPSA) is 67.4 Å². The fourth-order valence-electron chi connectivity index (χ4n) is 3.53.